The van der Waals surface area contributed by atoms with E-state index in [2.05, 4.69) is 6.92 Å². The summed E-state index contributed by atoms with van der Waals surface area (Å²) in [6, 6.07) is 11.7. The molecule has 0 saturated heterocycles. The van der Waals surface area contributed by atoms with Crippen LogP contribution in [0.15, 0.2) is 36.4 Å². The number of nitrogens with zero attached hydrogens (tertiary/aromatic N) is 3. The number of hydrogen-bond acceptors (Lipinski definition) is 5. The molecule has 0 unspecified atom stereocenters. The fraction of sp³-hybridized carbons (Fsp3) is 0.409. The molecule has 0 atom stereocenters. The number of pyridine rings is 1. The van der Waals surface area contributed by atoms with E-state index in [1.165, 1.54) is 0 Å². The van der Waals surface area contributed by atoms with Crippen molar-refractivity contribution in [3.63, 3.8) is 0 Å². The van der Waals surface area contributed by atoms with Gasteiger partial charge in [-0.1, -0.05) is 13.0 Å². The van der Waals surface area contributed by atoms with E-state index in [1.807, 2.05) is 45.8 Å². The summed E-state index contributed by atoms with van der Waals surface area (Å²) in [5.74, 6) is 1.42. The maximum atomic E-state index is 13.3. The van der Waals surface area contributed by atoms with Gasteiger partial charge in [-0.3, -0.25) is 0 Å². The van der Waals surface area contributed by atoms with Crippen molar-refractivity contribution in [1.29, 1.82) is 0 Å². The summed E-state index contributed by atoms with van der Waals surface area (Å²) in [7, 11) is 4.92. The largest absolute Gasteiger partial charge is 0.497 e. The van der Waals surface area contributed by atoms with Gasteiger partial charge in [-0.05, 0) is 30.7 Å². The summed E-state index contributed by atoms with van der Waals surface area (Å²) < 4.78 is 31.3. The number of benzene rings is 1. The molecular formula is C22H28FN3O3. The Balaban J connectivity index is 2.19. The lowest BCUT2D eigenvalue weighted by molar-refractivity contribution is 0.204. The fourth-order valence-corrected chi connectivity index (χ4v) is 3.54. The van der Waals surface area contributed by atoms with Crippen LogP contribution < -0.4 is 14.4 Å². The minimum atomic E-state index is -0.434. The van der Waals surface area contributed by atoms with Crippen molar-refractivity contribution in [3.8, 4) is 22.8 Å². The molecule has 0 fully saturated rings. The van der Waals surface area contributed by atoms with Crippen molar-refractivity contribution in [2.24, 2.45) is 0 Å². The third-order valence-electron chi connectivity index (χ3n) is 4.96. The first-order valence-electron chi connectivity index (χ1n) is 9.71. The van der Waals surface area contributed by atoms with Crippen molar-refractivity contribution in [1.82, 2.24) is 9.61 Å². The monoisotopic (exact) mass is 401 g/mol. The van der Waals surface area contributed by atoms with E-state index in [0.29, 0.717) is 25.4 Å². The van der Waals surface area contributed by atoms with E-state index in [1.54, 1.807) is 21.3 Å². The lowest BCUT2D eigenvalue weighted by Crippen LogP contribution is -2.30. The Kier molecular flexibility index (Phi) is 6.93. The van der Waals surface area contributed by atoms with Gasteiger partial charge in [0, 0.05) is 31.8 Å². The standard InChI is InChI=1S/C22H28FN3O3/c1-5-18-22(25(12-11-23)13-14-27-2)20-8-6-7-19(26(20)24-18)17-10-9-16(28-3)15-21(17)29-4/h6-10,15H,5,11-14H2,1-4H3. The molecule has 1 aromatic carbocycles. The van der Waals surface area contributed by atoms with Gasteiger partial charge >= 0.3 is 0 Å². The van der Waals surface area contributed by atoms with Crippen LogP contribution in [-0.2, 0) is 11.2 Å². The van der Waals surface area contributed by atoms with Crippen molar-refractivity contribution in [3.05, 3.63) is 42.1 Å². The highest BCUT2D eigenvalue weighted by molar-refractivity contribution is 5.80. The van der Waals surface area contributed by atoms with Crippen LogP contribution in [0.25, 0.3) is 16.8 Å². The number of halogens is 1. The van der Waals surface area contributed by atoms with Crippen molar-refractivity contribution >= 4 is 11.2 Å². The summed E-state index contributed by atoms with van der Waals surface area (Å²) in [5, 5.41) is 4.86. The van der Waals surface area contributed by atoms with E-state index >= 15 is 0 Å². The highest BCUT2D eigenvalue weighted by atomic mass is 19.1. The number of ether oxygens (including phenoxy) is 3. The lowest BCUT2D eigenvalue weighted by atomic mass is 10.1. The normalized spacial score (nSPS) is 11.1. The zero-order valence-electron chi connectivity index (χ0n) is 17.4. The second-order valence-corrected chi connectivity index (χ2v) is 6.59. The average molecular weight is 401 g/mol. The minimum absolute atomic E-state index is 0.299. The van der Waals surface area contributed by atoms with Gasteiger partial charge in [0.25, 0.3) is 0 Å². The fourth-order valence-electron chi connectivity index (χ4n) is 3.54. The van der Waals surface area contributed by atoms with Gasteiger partial charge in [0.1, 0.15) is 18.2 Å². The molecule has 6 nitrogen and oxygen atoms in total. The molecule has 0 spiro atoms. The quantitative estimate of drug-likeness (QED) is 0.514. The van der Waals surface area contributed by atoms with Gasteiger partial charge in [-0.25, -0.2) is 8.91 Å². The van der Waals surface area contributed by atoms with Crippen molar-refractivity contribution in [2.75, 3.05) is 52.6 Å². The molecule has 0 aliphatic carbocycles. The molecule has 156 valence electrons. The number of hydrogen-bond donors (Lipinski definition) is 0. The van der Waals surface area contributed by atoms with Crippen LogP contribution in [0.3, 0.4) is 0 Å². The highest BCUT2D eigenvalue weighted by Crippen LogP contribution is 2.36. The molecule has 0 N–H and O–H groups in total. The zero-order valence-corrected chi connectivity index (χ0v) is 17.4. The number of aryl methyl sites for hydroxylation is 1. The third-order valence-corrected chi connectivity index (χ3v) is 4.96. The molecule has 3 rings (SSSR count). The molecule has 0 bridgehead atoms. The SMILES string of the molecule is CCc1nn2c(-c3ccc(OC)cc3OC)cccc2c1N(CCF)CCOC. The van der Waals surface area contributed by atoms with Gasteiger partial charge in [0.05, 0.1) is 43.4 Å². The first-order chi connectivity index (χ1) is 14.2. The summed E-state index contributed by atoms with van der Waals surface area (Å²) in [6.45, 7) is 3.05. The smallest absolute Gasteiger partial charge is 0.131 e. The molecule has 0 aliphatic heterocycles. The van der Waals surface area contributed by atoms with E-state index in [9.17, 15) is 4.39 Å². The first-order valence-corrected chi connectivity index (χ1v) is 9.71. The van der Waals surface area contributed by atoms with Crippen molar-refractivity contribution in [2.45, 2.75) is 13.3 Å². The van der Waals surface area contributed by atoms with E-state index < -0.39 is 6.67 Å². The number of alkyl halides is 1. The Bertz CT molecular complexity index is 958. The summed E-state index contributed by atoms with van der Waals surface area (Å²) in [4.78, 5) is 2.01. The van der Waals surface area contributed by atoms with E-state index in [4.69, 9.17) is 19.3 Å². The maximum absolute atomic E-state index is 13.3. The lowest BCUT2D eigenvalue weighted by Gasteiger charge is -2.23. The molecule has 3 aromatic rings. The maximum Gasteiger partial charge on any atom is 0.131 e. The molecular weight excluding hydrogens is 373 g/mol. The summed E-state index contributed by atoms with van der Waals surface area (Å²) >= 11 is 0. The Labute approximate surface area is 170 Å². The van der Waals surface area contributed by atoms with Gasteiger partial charge in [-0.15, -0.1) is 0 Å². The number of aromatic nitrogens is 2. The molecule has 2 heterocycles. The Morgan fingerprint density at radius 3 is 2.55 bits per heavy atom. The van der Waals surface area contributed by atoms with Gasteiger partial charge in [0.2, 0.25) is 0 Å². The topological polar surface area (TPSA) is 48.2 Å². The minimum Gasteiger partial charge on any atom is -0.497 e. The van der Waals surface area contributed by atoms with Crippen LogP contribution in [0.4, 0.5) is 10.1 Å². The van der Waals surface area contributed by atoms with Gasteiger partial charge in [-0.2, -0.15) is 5.10 Å². The van der Waals surface area contributed by atoms with Crippen LogP contribution in [0.1, 0.15) is 12.6 Å². The predicted octanol–water partition coefficient (Wildman–Crippen LogP) is 4.00. The molecule has 2 aromatic heterocycles. The molecule has 7 heteroatoms. The Hall–Kier alpha value is -2.80. The predicted molar refractivity (Wildman–Crippen MR) is 113 cm³/mol. The van der Waals surface area contributed by atoms with E-state index in [0.717, 1.165) is 40.3 Å². The van der Waals surface area contributed by atoms with Crippen LogP contribution in [0.5, 0.6) is 11.5 Å². The summed E-state index contributed by atoms with van der Waals surface area (Å²) in [5.41, 5.74) is 4.62. The van der Waals surface area contributed by atoms with E-state index in [-0.39, 0.29) is 0 Å². The Morgan fingerprint density at radius 2 is 1.90 bits per heavy atom. The van der Waals surface area contributed by atoms with Crippen molar-refractivity contribution < 1.29 is 18.6 Å². The second-order valence-electron chi connectivity index (χ2n) is 6.59. The zero-order chi connectivity index (χ0) is 20.8. The number of fused-ring (bicyclic) bond motifs is 1. The summed E-state index contributed by atoms with van der Waals surface area (Å²) in [6.07, 6.45) is 0.742. The molecule has 0 amide bonds. The number of methoxy groups -OCH3 is 3. The van der Waals surface area contributed by atoms with Gasteiger partial charge < -0.3 is 19.1 Å². The van der Waals surface area contributed by atoms with Gasteiger partial charge in [0.15, 0.2) is 0 Å². The highest BCUT2D eigenvalue weighted by Gasteiger charge is 2.21. The molecule has 0 aliphatic rings. The number of anilines is 1. The Morgan fingerprint density at radius 1 is 1.07 bits per heavy atom. The third kappa shape index (κ3) is 4.15. The van der Waals surface area contributed by atoms with Crippen LogP contribution in [0, 0.1) is 0 Å². The molecule has 0 saturated carbocycles. The molecule has 29 heavy (non-hydrogen) atoms. The molecule has 0 radical (unpaired) electrons. The van der Waals surface area contributed by atoms with Crippen LogP contribution in [0.2, 0.25) is 0 Å². The first kappa shape index (κ1) is 20.9. The van der Waals surface area contributed by atoms with Crippen LogP contribution >= 0.6 is 0 Å². The van der Waals surface area contributed by atoms with Crippen LogP contribution in [-0.4, -0.2) is 57.3 Å². The second kappa shape index (κ2) is 9.60. The number of rotatable bonds is 10. The average Bonchev–Trinajstić information content (AvgIpc) is 3.14.